The molecule has 168 valence electrons. The van der Waals surface area contributed by atoms with Gasteiger partial charge in [-0.25, -0.2) is 4.39 Å². The number of H-pyrrole nitrogens is 1. The van der Waals surface area contributed by atoms with Crippen LogP contribution in [0.15, 0.2) is 42.7 Å². The third kappa shape index (κ3) is 5.26. The summed E-state index contributed by atoms with van der Waals surface area (Å²) in [6.07, 6.45) is 4.80. The van der Waals surface area contributed by atoms with E-state index in [0.29, 0.717) is 25.9 Å². The average Bonchev–Trinajstić information content (AvgIpc) is 3.41. The molecular weight excluding hydrogens is 433 g/mol. The number of hydrogen-bond donors (Lipinski definition) is 4. The summed E-state index contributed by atoms with van der Waals surface area (Å²) >= 11 is 5.85. The zero-order chi connectivity index (χ0) is 22.7. The Morgan fingerprint density at radius 2 is 2.16 bits per heavy atom. The van der Waals surface area contributed by atoms with Crippen molar-refractivity contribution in [3.8, 4) is 0 Å². The minimum Gasteiger partial charge on any atom is -0.357 e. The molecule has 0 saturated carbocycles. The zero-order valence-corrected chi connectivity index (χ0v) is 18.4. The lowest BCUT2D eigenvalue weighted by atomic mass is 9.96. The minimum atomic E-state index is -0.662. The molecule has 2 aromatic heterocycles. The van der Waals surface area contributed by atoms with Crippen LogP contribution in [0.25, 0.3) is 10.9 Å². The molecule has 2 amide bonds. The van der Waals surface area contributed by atoms with Crippen LogP contribution in [0.3, 0.4) is 0 Å². The fourth-order valence-electron chi connectivity index (χ4n) is 4.01. The van der Waals surface area contributed by atoms with Crippen LogP contribution in [0.5, 0.6) is 0 Å². The SMILES string of the molecule is CC(NC(=O)[C@H]1C[C@H](Cc2ccc(F)c(Cl)c2)CN1)C(=O)NCc1cc2cnccc2[nH]1. The first-order chi connectivity index (χ1) is 15.4. The highest BCUT2D eigenvalue weighted by atomic mass is 35.5. The Balaban J connectivity index is 1.23. The fourth-order valence-corrected chi connectivity index (χ4v) is 4.21. The van der Waals surface area contributed by atoms with Crippen LogP contribution in [0, 0.1) is 11.7 Å². The lowest BCUT2D eigenvalue weighted by Crippen LogP contribution is -2.49. The standard InChI is InChI=1S/C23H25ClFN5O2/c1-13(22(31)28-12-17-9-16-11-26-5-4-20(16)30-17)29-23(32)21-8-15(10-27-21)6-14-2-3-19(25)18(24)7-14/h2-5,7,9,11,13,15,21,27,30H,6,8,10,12H2,1H3,(H,28,31)(H,29,32)/t13?,15-,21+/m0/s1. The molecule has 1 aliphatic heterocycles. The zero-order valence-electron chi connectivity index (χ0n) is 17.6. The molecule has 0 spiro atoms. The maximum atomic E-state index is 13.3. The van der Waals surface area contributed by atoms with Gasteiger partial charge in [0.25, 0.3) is 0 Å². The Kier molecular flexibility index (Phi) is 6.72. The maximum absolute atomic E-state index is 13.3. The first kappa shape index (κ1) is 22.2. The molecule has 4 rings (SSSR count). The van der Waals surface area contributed by atoms with Crippen molar-refractivity contribution in [3.63, 3.8) is 0 Å². The van der Waals surface area contributed by atoms with Gasteiger partial charge in [-0.15, -0.1) is 0 Å². The van der Waals surface area contributed by atoms with Crippen LogP contribution in [-0.2, 0) is 22.6 Å². The third-order valence-corrected chi connectivity index (χ3v) is 6.02. The van der Waals surface area contributed by atoms with Crippen molar-refractivity contribution in [1.82, 2.24) is 25.9 Å². The van der Waals surface area contributed by atoms with E-state index in [1.54, 1.807) is 31.5 Å². The highest BCUT2D eigenvalue weighted by molar-refractivity contribution is 6.30. The van der Waals surface area contributed by atoms with E-state index < -0.39 is 11.9 Å². The fraction of sp³-hybridized carbons (Fsp3) is 0.348. The maximum Gasteiger partial charge on any atom is 0.242 e. The van der Waals surface area contributed by atoms with Gasteiger partial charge in [0.15, 0.2) is 0 Å². The van der Waals surface area contributed by atoms with Gasteiger partial charge in [0.1, 0.15) is 11.9 Å². The molecule has 1 aliphatic rings. The lowest BCUT2D eigenvalue weighted by Gasteiger charge is -2.17. The van der Waals surface area contributed by atoms with Gasteiger partial charge >= 0.3 is 0 Å². The van der Waals surface area contributed by atoms with Crippen LogP contribution in [0.2, 0.25) is 5.02 Å². The van der Waals surface area contributed by atoms with Crippen molar-refractivity contribution in [2.45, 2.75) is 38.4 Å². The lowest BCUT2D eigenvalue weighted by molar-refractivity contribution is -0.129. The van der Waals surface area contributed by atoms with Gasteiger partial charge in [-0.05, 0) is 62.1 Å². The summed E-state index contributed by atoms with van der Waals surface area (Å²) < 4.78 is 13.3. The summed E-state index contributed by atoms with van der Waals surface area (Å²) in [5.74, 6) is -0.673. The summed E-state index contributed by atoms with van der Waals surface area (Å²) in [4.78, 5) is 32.3. The van der Waals surface area contributed by atoms with Gasteiger partial charge in [0.2, 0.25) is 11.8 Å². The summed E-state index contributed by atoms with van der Waals surface area (Å²) in [5.41, 5.74) is 2.75. The third-order valence-electron chi connectivity index (χ3n) is 5.73. The number of fused-ring (bicyclic) bond motifs is 1. The van der Waals surface area contributed by atoms with E-state index in [2.05, 4.69) is 25.9 Å². The van der Waals surface area contributed by atoms with E-state index in [-0.39, 0.29) is 28.8 Å². The molecule has 1 aromatic carbocycles. The monoisotopic (exact) mass is 457 g/mol. The van der Waals surface area contributed by atoms with Crippen molar-refractivity contribution >= 4 is 34.3 Å². The number of halogens is 2. The van der Waals surface area contributed by atoms with Crippen LogP contribution in [0.1, 0.15) is 24.6 Å². The normalized spacial score (nSPS) is 19.1. The van der Waals surface area contributed by atoms with Crippen molar-refractivity contribution in [2.24, 2.45) is 5.92 Å². The van der Waals surface area contributed by atoms with Crippen LogP contribution in [-0.4, -0.2) is 40.4 Å². The Morgan fingerprint density at radius 1 is 1.31 bits per heavy atom. The molecule has 3 atom stereocenters. The molecule has 4 N–H and O–H groups in total. The van der Waals surface area contributed by atoms with E-state index >= 15 is 0 Å². The Morgan fingerprint density at radius 3 is 2.94 bits per heavy atom. The molecular formula is C23H25ClFN5O2. The topological polar surface area (TPSA) is 98.9 Å². The number of nitrogens with one attached hydrogen (secondary N) is 4. The summed E-state index contributed by atoms with van der Waals surface area (Å²) in [7, 11) is 0. The quantitative estimate of drug-likeness (QED) is 0.438. The number of aromatic nitrogens is 2. The second-order valence-electron chi connectivity index (χ2n) is 8.22. The number of pyridine rings is 1. The predicted molar refractivity (Wildman–Crippen MR) is 121 cm³/mol. The second-order valence-corrected chi connectivity index (χ2v) is 8.63. The van der Waals surface area contributed by atoms with Crippen LogP contribution in [0.4, 0.5) is 4.39 Å². The van der Waals surface area contributed by atoms with Gasteiger partial charge in [0, 0.05) is 29.0 Å². The van der Waals surface area contributed by atoms with Crippen LogP contribution < -0.4 is 16.0 Å². The van der Waals surface area contributed by atoms with Crippen LogP contribution >= 0.6 is 11.6 Å². The largest absolute Gasteiger partial charge is 0.357 e. The van der Waals surface area contributed by atoms with Gasteiger partial charge in [0.05, 0.1) is 17.6 Å². The smallest absolute Gasteiger partial charge is 0.242 e. The van der Waals surface area contributed by atoms with Crippen molar-refractivity contribution < 1.29 is 14.0 Å². The van der Waals surface area contributed by atoms with Gasteiger partial charge < -0.3 is 20.9 Å². The molecule has 3 heterocycles. The van der Waals surface area contributed by atoms with Gasteiger partial charge in [-0.2, -0.15) is 0 Å². The Hall–Kier alpha value is -2.97. The van der Waals surface area contributed by atoms with E-state index in [0.717, 1.165) is 22.2 Å². The Labute approximate surface area is 190 Å². The van der Waals surface area contributed by atoms with E-state index in [9.17, 15) is 14.0 Å². The number of carbonyl (C=O) groups is 2. The number of rotatable bonds is 7. The number of aromatic amines is 1. The van der Waals surface area contributed by atoms with E-state index in [1.807, 2.05) is 12.1 Å². The first-order valence-electron chi connectivity index (χ1n) is 10.6. The van der Waals surface area contributed by atoms with Crippen molar-refractivity contribution in [3.05, 3.63) is 64.8 Å². The number of amides is 2. The summed E-state index contributed by atoms with van der Waals surface area (Å²) in [5, 5.41) is 9.91. The number of hydrogen-bond acceptors (Lipinski definition) is 4. The van der Waals surface area contributed by atoms with E-state index in [4.69, 9.17) is 11.6 Å². The predicted octanol–water partition coefficient (Wildman–Crippen LogP) is 2.70. The second kappa shape index (κ2) is 9.67. The van der Waals surface area contributed by atoms with Gasteiger partial charge in [-0.1, -0.05) is 17.7 Å². The summed E-state index contributed by atoms with van der Waals surface area (Å²) in [6, 6.07) is 7.47. The molecule has 0 radical (unpaired) electrons. The number of carbonyl (C=O) groups excluding carboxylic acids is 2. The summed E-state index contributed by atoms with van der Waals surface area (Å²) in [6.45, 7) is 2.66. The molecule has 0 aliphatic carbocycles. The highest BCUT2D eigenvalue weighted by Gasteiger charge is 2.31. The molecule has 7 nitrogen and oxygen atoms in total. The van der Waals surface area contributed by atoms with Crippen molar-refractivity contribution in [1.29, 1.82) is 0 Å². The molecule has 32 heavy (non-hydrogen) atoms. The first-order valence-corrected chi connectivity index (χ1v) is 10.9. The molecule has 1 saturated heterocycles. The number of nitrogens with zero attached hydrogens (tertiary/aromatic N) is 1. The Bertz CT molecular complexity index is 1100. The van der Waals surface area contributed by atoms with E-state index in [1.165, 1.54) is 6.07 Å². The highest BCUT2D eigenvalue weighted by Crippen LogP contribution is 2.23. The van der Waals surface area contributed by atoms with Crippen molar-refractivity contribution in [2.75, 3.05) is 6.54 Å². The molecule has 9 heteroatoms. The molecule has 1 unspecified atom stereocenters. The number of benzene rings is 1. The minimum absolute atomic E-state index is 0.103. The van der Waals surface area contributed by atoms with Gasteiger partial charge in [-0.3, -0.25) is 14.6 Å². The molecule has 0 bridgehead atoms. The molecule has 3 aromatic rings. The average molecular weight is 458 g/mol. The molecule has 1 fully saturated rings.